The molecule has 142 valence electrons. The zero-order chi connectivity index (χ0) is 19.3. The molecule has 0 bridgehead atoms. The van der Waals surface area contributed by atoms with Crippen molar-refractivity contribution in [3.05, 3.63) is 77.7 Å². The Bertz CT molecular complexity index is 1080. The van der Waals surface area contributed by atoms with Crippen molar-refractivity contribution in [3.63, 3.8) is 0 Å². The van der Waals surface area contributed by atoms with Crippen molar-refractivity contribution >= 4 is 11.6 Å². The minimum Gasteiger partial charge on any atom is -0.457 e. The Hall–Kier alpha value is -3.45. The molecule has 0 atom stereocenters. The van der Waals surface area contributed by atoms with Crippen molar-refractivity contribution in [1.29, 1.82) is 0 Å². The van der Waals surface area contributed by atoms with Gasteiger partial charge >= 0.3 is 0 Å². The van der Waals surface area contributed by atoms with Crippen LogP contribution in [0.4, 0.5) is 5.82 Å². The zero-order valence-corrected chi connectivity index (χ0v) is 15.8. The minimum absolute atomic E-state index is 0.408. The number of rotatable bonds is 7. The third-order valence-corrected chi connectivity index (χ3v) is 4.28. The van der Waals surface area contributed by atoms with E-state index in [1.165, 1.54) is 11.9 Å². The van der Waals surface area contributed by atoms with Crippen molar-refractivity contribution in [2.24, 2.45) is 0 Å². The number of aryl methyl sites for hydroxylation is 1. The summed E-state index contributed by atoms with van der Waals surface area (Å²) >= 11 is 0. The largest absolute Gasteiger partial charge is 0.457 e. The molecule has 28 heavy (non-hydrogen) atoms. The molecule has 4 rings (SSSR count). The van der Waals surface area contributed by atoms with E-state index in [0.29, 0.717) is 18.9 Å². The molecule has 7 nitrogen and oxygen atoms in total. The van der Waals surface area contributed by atoms with Crippen molar-refractivity contribution in [2.75, 3.05) is 12.4 Å². The molecule has 7 heteroatoms. The molecule has 4 aromatic rings. The lowest BCUT2D eigenvalue weighted by Gasteiger charge is -2.13. The van der Waals surface area contributed by atoms with Crippen LogP contribution >= 0.6 is 0 Å². The van der Waals surface area contributed by atoms with E-state index in [1.807, 2.05) is 54.6 Å². The molecule has 0 aliphatic rings. The van der Waals surface area contributed by atoms with Crippen molar-refractivity contribution in [3.8, 4) is 11.5 Å². The van der Waals surface area contributed by atoms with Gasteiger partial charge in [0.1, 0.15) is 23.6 Å². The van der Waals surface area contributed by atoms with Gasteiger partial charge in [0.05, 0.1) is 12.3 Å². The van der Waals surface area contributed by atoms with Gasteiger partial charge in [0.15, 0.2) is 0 Å². The van der Waals surface area contributed by atoms with Crippen LogP contribution in [0.15, 0.2) is 60.9 Å². The monoisotopic (exact) mass is 375 g/mol. The smallest absolute Gasteiger partial charge is 0.254 e. The van der Waals surface area contributed by atoms with E-state index >= 15 is 0 Å². The molecule has 0 aliphatic heterocycles. The summed E-state index contributed by atoms with van der Waals surface area (Å²) in [5.41, 5.74) is 3.01. The number of methoxy groups -OCH3 is 1. The minimum atomic E-state index is 0.408. The maximum Gasteiger partial charge on any atom is 0.254 e. The van der Waals surface area contributed by atoms with E-state index in [1.54, 1.807) is 11.6 Å². The van der Waals surface area contributed by atoms with Gasteiger partial charge in [0.25, 0.3) is 5.78 Å². The van der Waals surface area contributed by atoms with Gasteiger partial charge in [0, 0.05) is 25.3 Å². The fourth-order valence-corrected chi connectivity index (χ4v) is 2.88. The zero-order valence-electron chi connectivity index (χ0n) is 15.8. The Labute approximate surface area is 163 Å². The normalized spacial score (nSPS) is 10.9. The van der Waals surface area contributed by atoms with Gasteiger partial charge in [-0.15, -0.1) is 0 Å². The summed E-state index contributed by atoms with van der Waals surface area (Å²) in [5.74, 6) is 2.93. The Balaban J connectivity index is 1.56. The van der Waals surface area contributed by atoms with E-state index in [0.717, 1.165) is 28.6 Å². The number of hydrogen-bond donors (Lipinski definition) is 1. The summed E-state index contributed by atoms with van der Waals surface area (Å²) in [7, 11) is 1.64. The fraction of sp³-hybridized carbons (Fsp3) is 0.190. The lowest BCUT2D eigenvalue weighted by molar-refractivity contribution is 0.181. The second-order valence-electron chi connectivity index (χ2n) is 6.41. The fourth-order valence-electron chi connectivity index (χ4n) is 2.88. The molecular weight excluding hydrogens is 354 g/mol. The van der Waals surface area contributed by atoms with Crippen LogP contribution in [0.1, 0.15) is 16.8 Å². The number of aromatic nitrogens is 4. The number of nitrogens with one attached hydrogen (secondary N) is 1. The molecule has 1 N–H and O–H groups in total. The molecule has 0 aliphatic carbocycles. The van der Waals surface area contributed by atoms with Crippen molar-refractivity contribution < 1.29 is 9.47 Å². The van der Waals surface area contributed by atoms with E-state index in [2.05, 4.69) is 27.3 Å². The number of hydrogen-bond acceptors (Lipinski definition) is 6. The maximum absolute atomic E-state index is 6.08. The molecule has 2 heterocycles. The lowest BCUT2D eigenvalue weighted by atomic mass is 10.2. The first-order valence-corrected chi connectivity index (χ1v) is 8.98. The van der Waals surface area contributed by atoms with E-state index in [9.17, 15) is 0 Å². The first-order chi connectivity index (χ1) is 13.7. The first-order valence-electron chi connectivity index (χ1n) is 8.98. The number of ether oxygens (including phenoxy) is 2. The van der Waals surface area contributed by atoms with Crippen LogP contribution in [-0.4, -0.2) is 26.7 Å². The number of anilines is 1. The molecule has 0 saturated carbocycles. The van der Waals surface area contributed by atoms with Crippen LogP contribution in [0, 0.1) is 6.92 Å². The van der Waals surface area contributed by atoms with Crippen LogP contribution in [0.3, 0.4) is 0 Å². The lowest BCUT2D eigenvalue weighted by Crippen LogP contribution is -2.08. The third kappa shape index (κ3) is 3.94. The summed E-state index contributed by atoms with van der Waals surface area (Å²) in [6.45, 7) is 3.03. The van der Waals surface area contributed by atoms with Crippen LogP contribution in [-0.2, 0) is 17.9 Å². The highest BCUT2D eigenvalue weighted by Gasteiger charge is 2.09. The van der Waals surface area contributed by atoms with Gasteiger partial charge in [-0.25, -0.2) is 4.98 Å². The predicted molar refractivity (Wildman–Crippen MR) is 107 cm³/mol. The Morgan fingerprint density at radius 2 is 1.89 bits per heavy atom. The number of benzene rings is 2. The Morgan fingerprint density at radius 1 is 1.07 bits per heavy atom. The summed E-state index contributed by atoms with van der Waals surface area (Å²) in [4.78, 5) is 8.60. The second-order valence-corrected chi connectivity index (χ2v) is 6.41. The first kappa shape index (κ1) is 17.9. The highest BCUT2D eigenvalue weighted by molar-refractivity contribution is 5.47. The molecule has 0 unspecified atom stereocenters. The van der Waals surface area contributed by atoms with Crippen molar-refractivity contribution in [2.45, 2.75) is 20.1 Å². The van der Waals surface area contributed by atoms with E-state index in [4.69, 9.17) is 9.47 Å². The number of fused-ring (bicyclic) bond motifs is 1. The Kier molecular flexibility index (Phi) is 5.16. The second kappa shape index (κ2) is 8.06. The summed E-state index contributed by atoms with van der Waals surface area (Å²) in [5, 5.41) is 7.65. The molecule has 2 aromatic heterocycles. The number of nitrogens with zero attached hydrogens (tertiary/aromatic N) is 4. The van der Waals surface area contributed by atoms with Gasteiger partial charge in [0.2, 0.25) is 0 Å². The Morgan fingerprint density at radius 3 is 2.71 bits per heavy atom. The van der Waals surface area contributed by atoms with Crippen LogP contribution in [0.2, 0.25) is 0 Å². The van der Waals surface area contributed by atoms with Gasteiger partial charge in [-0.1, -0.05) is 35.9 Å². The summed E-state index contributed by atoms with van der Waals surface area (Å²) in [6, 6.07) is 17.9. The quantitative estimate of drug-likeness (QED) is 0.527. The molecule has 0 radical (unpaired) electrons. The standard InChI is InChI=1S/C21H21N5O2/c1-15-7-9-18(10-8-15)28-19-6-4-3-5-16(19)12-22-20-11-17(13-27-2)25-21-23-14-24-26(20)21/h3-11,14,22H,12-13H2,1-2H3. The van der Waals surface area contributed by atoms with Gasteiger partial charge in [-0.05, 0) is 25.1 Å². The molecular formula is C21H21N5O2. The molecule has 0 fully saturated rings. The molecule has 0 amide bonds. The van der Waals surface area contributed by atoms with Crippen LogP contribution in [0.5, 0.6) is 11.5 Å². The average molecular weight is 375 g/mol. The molecule has 2 aromatic carbocycles. The third-order valence-electron chi connectivity index (χ3n) is 4.28. The highest BCUT2D eigenvalue weighted by Crippen LogP contribution is 2.26. The SMILES string of the molecule is COCc1cc(NCc2ccccc2Oc2ccc(C)cc2)n2ncnc2n1. The van der Waals surface area contributed by atoms with Gasteiger partial charge < -0.3 is 14.8 Å². The molecule has 0 spiro atoms. The molecule has 0 saturated heterocycles. The van der Waals surface area contributed by atoms with Crippen LogP contribution < -0.4 is 10.1 Å². The topological polar surface area (TPSA) is 73.6 Å². The van der Waals surface area contributed by atoms with E-state index < -0.39 is 0 Å². The predicted octanol–water partition coefficient (Wildman–Crippen LogP) is 3.98. The summed E-state index contributed by atoms with van der Waals surface area (Å²) < 4.78 is 12.9. The van der Waals surface area contributed by atoms with Crippen LogP contribution in [0.25, 0.3) is 5.78 Å². The van der Waals surface area contributed by atoms with E-state index in [-0.39, 0.29) is 0 Å². The van der Waals surface area contributed by atoms with Gasteiger partial charge in [-0.3, -0.25) is 0 Å². The number of para-hydroxylation sites is 1. The van der Waals surface area contributed by atoms with Crippen molar-refractivity contribution in [1.82, 2.24) is 19.6 Å². The highest BCUT2D eigenvalue weighted by atomic mass is 16.5. The average Bonchev–Trinajstić information content (AvgIpc) is 3.18. The maximum atomic E-state index is 6.08. The summed E-state index contributed by atoms with van der Waals surface area (Å²) in [6.07, 6.45) is 1.48. The van der Waals surface area contributed by atoms with Gasteiger partial charge in [-0.2, -0.15) is 14.6 Å².